The van der Waals surface area contributed by atoms with Gasteiger partial charge < -0.3 is 0 Å². The molecule has 0 atom stereocenters. The Morgan fingerprint density at radius 2 is 2.50 bits per heavy atom. The summed E-state index contributed by atoms with van der Waals surface area (Å²) in [7, 11) is 0. The Bertz CT molecular complexity index is 278. The van der Waals surface area contributed by atoms with Gasteiger partial charge >= 0.3 is 0 Å². The monoisotopic (exact) mass is 178 g/mol. The van der Waals surface area contributed by atoms with Crippen LogP contribution in [0.25, 0.3) is 0 Å². The molecule has 0 aromatic carbocycles. The second-order valence-electron chi connectivity index (χ2n) is 1.09. The summed E-state index contributed by atoms with van der Waals surface area (Å²) < 4.78 is 33.5. The first-order chi connectivity index (χ1) is 5.04. The summed E-state index contributed by atoms with van der Waals surface area (Å²) in [6.45, 7) is 0. The Balaban J connectivity index is 3.46. The van der Waals surface area contributed by atoms with E-state index in [-0.39, 0.29) is 10.6 Å². The van der Waals surface area contributed by atoms with Crippen LogP contribution >= 0.6 is 15.9 Å². The lowest BCUT2D eigenvalue weighted by atomic mass is 10.5. The molecule has 0 aliphatic rings. The van der Waals surface area contributed by atoms with Crippen molar-refractivity contribution in [1.82, 2.24) is 4.98 Å². The van der Waals surface area contributed by atoms with E-state index in [1.807, 2.05) is 0 Å². The predicted octanol–water partition coefficient (Wildman–Crippen LogP) is 1.98. The first-order valence-electron chi connectivity index (χ1n) is 3.33. The van der Waals surface area contributed by atoms with Gasteiger partial charge in [0.05, 0.1) is 10.3 Å². The second-order valence-corrected chi connectivity index (χ2v) is 1.88. The van der Waals surface area contributed by atoms with E-state index >= 15 is 0 Å². The van der Waals surface area contributed by atoms with Crippen LogP contribution in [-0.2, 0) is 0 Å². The smallest absolute Gasteiger partial charge is 0.142 e. The summed E-state index contributed by atoms with van der Waals surface area (Å²) >= 11 is 2.80. The van der Waals surface area contributed by atoms with Crippen LogP contribution in [0.4, 0.5) is 4.39 Å². The fourth-order valence-corrected chi connectivity index (χ4v) is 0.541. The lowest BCUT2D eigenvalue weighted by Gasteiger charge is -1.85. The van der Waals surface area contributed by atoms with E-state index in [0.717, 1.165) is 0 Å². The minimum absolute atomic E-state index is 0.0222. The molecule has 0 bridgehead atoms. The molecule has 0 unspecified atom stereocenters. The molecule has 1 heterocycles. The van der Waals surface area contributed by atoms with Crippen molar-refractivity contribution in [2.75, 3.05) is 0 Å². The normalized spacial score (nSPS) is 14.5. The van der Waals surface area contributed by atoms with E-state index in [1.54, 1.807) is 0 Å². The first kappa shape index (κ1) is 2.92. The van der Waals surface area contributed by atoms with Gasteiger partial charge in [0.2, 0.25) is 0 Å². The van der Waals surface area contributed by atoms with Crippen LogP contribution in [-0.4, -0.2) is 4.98 Å². The molecule has 0 aliphatic carbocycles. The minimum Gasteiger partial charge on any atom is -0.260 e. The van der Waals surface area contributed by atoms with Crippen molar-refractivity contribution in [3.63, 3.8) is 0 Å². The molecule has 0 amide bonds. The molecule has 3 heteroatoms. The van der Waals surface area contributed by atoms with Gasteiger partial charge in [0.15, 0.2) is 0 Å². The first-order valence-corrected chi connectivity index (χ1v) is 2.62. The Labute approximate surface area is 58.9 Å². The van der Waals surface area contributed by atoms with Crippen LogP contribution in [0.2, 0.25) is 0 Å². The number of aromatic nitrogens is 1. The van der Waals surface area contributed by atoms with Crippen LogP contribution in [0.1, 0.15) is 4.11 Å². The number of halogens is 2. The highest BCUT2D eigenvalue weighted by molar-refractivity contribution is 9.10. The Kier molecular flexibility index (Phi) is 0.809. The van der Waals surface area contributed by atoms with Crippen molar-refractivity contribution < 1.29 is 8.50 Å². The highest BCUT2D eigenvalue weighted by Gasteiger charge is 1.87. The molecular weight excluding hydrogens is 173 g/mol. The molecular formula is C5H3BrFN. The van der Waals surface area contributed by atoms with E-state index in [9.17, 15) is 4.39 Å². The molecule has 0 aliphatic heterocycles. The van der Waals surface area contributed by atoms with Gasteiger partial charge in [-0.15, -0.1) is 0 Å². The number of pyridine rings is 1. The molecule has 0 spiro atoms. The molecule has 0 radical (unpaired) electrons. The molecule has 0 N–H and O–H groups in total. The zero-order valence-electron chi connectivity index (χ0n) is 6.70. The topological polar surface area (TPSA) is 12.9 Å². The minimum atomic E-state index is -1.01. The van der Waals surface area contributed by atoms with Crippen molar-refractivity contribution in [2.45, 2.75) is 0 Å². The van der Waals surface area contributed by atoms with Crippen LogP contribution in [0, 0.1) is 5.82 Å². The lowest BCUT2D eigenvalue weighted by Crippen LogP contribution is -1.74. The summed E-state index contributed by atoms with van der Waals surface area (Å²) in [5.74, 6) is -1.01. The summed E-state index contributed by atoms with van der Waals surface area (Å²) in [4.78, 5) is 3.22. The van der Waals surface area contributed by atoms with Gasteiger partial charge in [-0.2, -0.15) is 0 Å². The third kappa shape index (κ3) is 1.26. The standard InChI is InChI=1S/C5H3BrFN/c6-4-1-5(7)3-8-2-4/h1-3H/i1D,2D,3D. The molecule has 1 aromatic rings. The maximum atomic E-state index is 12.6. The van der Waals surface area contributed by atoms with Crippen molar-refractivity contribution in [2.24, 2.45) is 0 Å². The quantitative estimate of drug-likeness (QED) is 0.593. The fraction of sp³-hybridized carbons (Fsp3) is 0. The highest BCUT2D eigenvalue weighted by Crippen LogP contribution is 2.06. The van der Waals surface area contributed by atoms with E-state index in [2.05, 4.69) is 20.9 Å². The highest BCUT2D eigenvalue weighted by atomic mass is 79.9. The van der Waals surface area contributed by atoms with E-state index in [0.29, 0.717) is 0 Å². The van der Waals surface area contributed by atoms with E-state index in [4.69, 9.17) is 4.11 Å². The summed E-state index contributed by atoms with van der Waals surface area (Å²) in [5, 5.41) is 0. The molecule has 0 saturated carbocycles. The molecule has 1 nitrogen and oxygen atoms in total. The second kappa shape index (κ2) is 2.22. The molecule has 0 fully saturated rings. The van der Waals surface area contributed by atoms with Gasteiger partial charge in [0.1, 0.15) is 5.82 Å². The van der Waals surface area contributed by atoms with Crippen LogP contribution < -0.4 is 0 Å². The summed E-state index contributed by atoms with van der Waals surface area (Å²) in [6, 6.07) is -0.491. The maximum Gasteiger partial charge on any atom is 0.142 e. The number of rotatable bonds is 0. The van der Waals surface area contributed by atoms with Crippen molar-refractivity contribution in [1.29, 1.82) is 0 Å². The van der Waals surface area contributed by atoms with Gasteiger partial charge in [-0.1, -0.05) is 0 Å². The molecule has 8 heavy (non-hydrogen) atoms. The van der Waals surface area contributed by atoms with Crippen LogP contribution in [0.3, 0.4) is 0 Å². The maximum absolute atomic E-state index is 12.6. The van der Waals surface area contributed by atoms with Crippen molar-refractivity contribution >= 4 is 15.9 Å². The molecule has 0 saturated heterocycles. The van der Waals surface area contributed by atoms with E-state index < -0.39 is 18.0 Å². The van der Waals surface area contributed by atoms with Crippen molar-refractivity contribution in [3.05, 3.63) is 28.7 Å². The fourth-order valence-electron chi connectivity index (χ4n) is 0.278. The third-order valence-electron chi connectivity index (χ3n) is 0.528. The predicted molar refractivity (Wildman–Crippen MR) is 31.9 cm³/mol. The van der Waals surface area contributed by atoms with Gasteiger partial charge in [-0.05, 0) is 22.0 Å². The van der Waals surface area contributed by atoms with Gasteiger partial charge in [-0.25, -0.2) is 4.39 Å². The zero-order chi connectivity index (χ0) is 8.59. The Morgan fingerprint density at radius 3 is 3.25 bits per heavy atom. The van der Waals surface area contributed by atoms with Gasteiger partial charge in [0, 0.05) is 10.6 Å². The Hall–Kier alpha value is -0.440. The zero-order valence-corrected chi connectivity index (χ0v) is 5.29. The average molecular weight is 179 g/mol. The van der Waals surface area contributed by atoms with Crippen LogP contribution in [0.5, 0.6) is 0 Å². The van der Waals surface area contributed by atoms with E-state index in [1.165, 1.54) is 0 Å². The molecule has 42 valence electrons. The average Bonchev–Trinajstić information content (AvgIpc) is 1.97. The molecule has 1 rings (SSSR count). The number of hydrogen-bond donors (Lipinski definition) is 0. The molecule has 1 aromatic heterocycles. The number of nitrogens with zero attached hydrogens (tertiary/aromatic N) is 1. The van der Waals surface area contributed by atoms with Crippen LogP contribution in [0.15, 0.2) is 22.9 Å². The SMILES string of the molecule is [2H]c1nc([2H])c(Br)c([2H])c1F. The lowest BCUT2D eigenvalue weighted by molar-refractivity contribution is 0.620. The van der Waals surface area contributed by atoms with Crippen molar-refractivity contribution in [3.8, 4) is 0 Å². The number of hydrogen-bond acceptors (Lipinski definition) is 1. The summed E-state index contributed by atoms with van der Waals surface area (Å²) in [6.07, 6.45) is -0.954. The Morgan fingerprint density at radius 1 is 1.75 bits per heavy atom. The van der Waals surface area contributed by atoms with Gasteiger partial charge in [-0.3, -0.25) is 4.98 Å². The van der Waals surface area contributed by atoms with Gasteiger partial charge in [0.25, 0.3) is 0 Å². The summed E-state index contributed by atoms with van der Waals surface area (Å²) in [5.41, 5.74) is 0. The third-order valence-corrected chi connectivity index (χ3v) is 0.903. The largest absolute Gasteiger partial charge is 0.260 e.